The maximum absolute atomic E-state index is 12.7. The van der Waals surface area contributed by atoms with Crippen LogP contribution in [0.3, 0.4) is 0 Å². The number of piperidine rings is 1. The number of nitrogens with one attached hydrogen (secondary N) is 1. The van der Waals surface area contributed by atoms with E-state index in [0.717, 1.165) is 12.8 Å². The van der Waals surface area contributed by atoms with Gasteiger partial charge in [0.15, 0.2) is 0 Å². The number of likely N-dealkylation sites (tertiary alicyclic amines) is 1. The summed E-state index contributed by atoms with van der Waals surface area (Å²) in [4.78, 5) is 41.1. The third kappa shape index (κ3) is 7.29. The van der Waals surface area contributed by atoms with Gasteiger partial charge in [0.2, 0.25) is 5.91 Å². The van der Waals surface area contributed by atoms with E-state index in [1.54, 1.807) is 29.7 Å². The normalized spacial score (nSPS) is 16.9. The van der Waals surface area contributed by atoms with Crippen molar-refractivity contribution in [2.24, 2.45) is 5.92 Å². The van der Waals surface area contributed by atoms with Crippen LogP contribution in [0.25, 0.3) is 0 Å². The Morgan fingerprint density at radius 3 is 2.52 bits per heavy atom. The summed E-state index contributed by atoms with van der Waals surface area (Å²) in [6.07, 6.45) is 1.48. The lowest BCUT2D eigenvalue weighted by Crippen LogP contribution is -2.49. The molecule has 8 nitrogen and oxygen atoms in total. The Kier molecular flexibility index (Phi) is 8.14. The van der Waals surface area contributed by atoms with Crippen molar-refractivity contribution in [2.75, 3.05) is 26.2 Å². The Balaban J connectivity index is 1.91. The van der Waals surface area contributed by atoms with E-state index in [0.29, 0.717) is 36.7 Å². The number of furan rings is 1. The van der Waals surface area contributed by atoms with Crippen molar-refractivity contribution in [2.45, 2.75) is 73.0 Å². The predicted octanol–water partition coefficient (Wildman–Crippen LogP) is 3.51. The van der Waals surface area contributed by atoms with Crippen LogP contribution in [0.5, 0.6) is 0 Å². The number of nitrogens with zero attached hydrogens (tertiary/aromatic N) is 2. The zero-order valence-corrected chi connectivity index (χ0v) is 19.9. The highest BCUT2D eigenvalue weighted by atomic mass is 16.6. The van der Waals surface area contributed by atoms with Crippen molar-refractivity contribution in [3.05, 3.63) is 23.2 Å². The molecule has 0 bridgehead atoms. The minimum atomic E-state index is -0.553. The second-order valence-electron chi connectivity index (χ2n) is 9.58. The first kappa shape index (κ1) is 24.8. The fourth-order valence-corrected chi connectivity index (χ4v) is 3.75. The summed E-state index contributed by atoms with van der Waals surface area (Å²) in [6, 6.07) is 1.67. The molecule has 2 rings (SSSR count). The first-order valence-electron chi connectivity index (χ1n) is 11.0. The monoisotopic (exact) mass is 435 g/mol. The average molecular weight is 436 g/mol. The van der Waals surface area contributed by atoms with Gasteiger partial charge in [0.25, 0.3) is 5.91 Å². The molecule has 0 aromatic carbocycles. The van der Waals surface area contributed by atoms with E-state index < -0.39 is 5.60 Å². The van der Waals surface area contributed by atoms with Crippen molar-refractivity contribution in [1.29, 1.82) is 0 Å². The second-order valence-corrected chi connectivity index (χ2v) is 9.58. The molecule has 1 aliphatic heterocycles. The van der Waals surface area contributed by atoms with Gasteiger partial charge < -0.3 is 24.3 Å². The number of hydrogen-bond donors (Lipinski definition) is 1. The topological polar surface area (TPSA) is 92.1 Å². The van der Waals surface area contributed by atoms with E-state index in [-0.39, 0.29) is 36.4 Å². The third-order valence-electron chi connectivity index (χ3n) is 5.26. The van der Waals surface area contributed by atoms with Crippen molar-refractivity contribution >= 4 is 17.9 Å². The van der Waals surface area contributed by atoms with Crippen LogP contribution in [-0.4, -0.2) is 65.5 Å². The molecule has 1 aliphatic rings. The summed E-state index contributed by atoms with van der Waals surface area (Å²) in [7, 11) is 0. The average Bonchev–Trinajstić information content (AvgIpc) is 3.00. The Labute approximate surface area is 185 Å². The summed E-state index contributed by atoms with van der Waals surface area (Å²) in [6.45, 7) is 14.7. The molecule has 3 amide bonds. The molecule has 1 saturated heterocycles. The lowest BCUT2D eigenvalue weighted by Gasteiger charge is -2.37. The molecule has 8 heteroatoms. The van der Waals surface area contributed by atoms with Crippen LogP contribution in [0.15, 0.2) is 10.5 Å². The first-order chi connectivity index (χ1) is 14.4. The van der Waals surface area contributed by atoms with E-state index >= 15 is 0 Å². The summed E-state index contributed by atoms with van der Waals surface area (Å²) in [5.74, 6) is 0.933. The SMILES string of the molecule is Cc1cc(C(=O)NCC(=O)N2CCCC(CN(C(=O)OC(C)(C)C)C(C)C)C2)c(C)o1. The van der Waals surface area contributed by atoms with Crippen LogP contribution in [0.4, 0.5) is 4.79 Å². The second kappa shape index (κ2) is 10.2. The molecule has 1 atom stereocenters. The van der Waals surface area contributed by atoms with Crippen molar-refractivity contribution in [3.8, 4) is 0 Å². The van der Waals surface area contributed by atoms with Gasteiger partial charge in [0.05, 0.1) is 12.1 Å². The van der Waals surface area contributed by atoms with Crippen LogP contribution in [0, 0.1) is 19.8 Å². The van der Waals surface area contributed by atoms with Gasteiger partial charge in [-0.1, -0.05) is 0 Å². The number of carbonyl (C=O) groups excluding carboxylic acids is 3. The van der Waals surface area contributed by atoms with Crippen LogP contribution in [0.2, 0.25) is 0 Å². The molecule has 1 unspecified atom stereocenters. The van der Waals surface area contributed by atoms with Gasteiger partial charge >= 0.3 is 6.09 Å². The lowest BCUT2D eigenvalue weighted by molar-refractivity contribution is -0.132. The Morgan fingerprint density at radius 1 is 1.29 bits per heavy atom. The Bertz CT molecular complexity index is 794. The summed E-state index contributed by atoms with van der Waals surface area (Å²) >= 11 is 0. The first-order valence-corrected chi connectivity index (χ1v) is 11.0. The van der Waals surface area contributed by atoms with Gasteiger partial charge in [-0.3, -0.25) is 9.59 Å². The van der Waals surface area contributed by atoms with Crippen LogP contribution < -0.4 is 5.32 Å². The molecule has 0 radical (unpaired) electrons. The van der Waals surface area contributed by atoms with Crippen molar-refractivity contribution in [3.63, 3.8) is 0 Å². The summed E-state index contributed by atoms with van der Waals surface area (Å²) in [5.41, 5.74) is -0.102. The Hall–Kier alpha value is -2.51. The van der Waals surface area contributed by atoms with E-state index in [4.69, 9.17) is 9.15 Å². The third-order valence-corrected chi connectivity index (χ3v) is 5.26. The van der Waals surface area contributed by atoms with E-state index in [1.807, 2.05) is 34.6 Å². The number of carbonyl (C=O) groups is 3. The molecule has 1 aromatic rings. The fraction of sp³-hybridized carbons (Fsp3) is 0.696. The molecule has 1 N–H and O–H groups in total. The molecule has 0 aliphatic carbocycles. The molecule has 0 saturated carbocycles. The van der Waals surface area contributed by atoms with Gasteiger partial charge in [-0.15, -0.1) is 0 Å². The summed E-state index contributed by atoms with van der Waals surface area (Å²) < 4.78 is 10.9. The quantitative estimate of drug-likeness (QED) is 0.738. The van der Waals surface area contributed by atoms with Gasteiger partial charge in [-0.05, 0) is 73.3 Å². The van der Waals surface area contributed by atoms with Crippen molar-refractivity contribution in [1.82, 2.24) is 15.1 Å². The van der Waals surface area contributed by atoms with Crippen LogP contribution in [-0.2, 0) is 9.53 Å². The largest absolute Gasteiger partial charge is 0.466 e. The molecule has 1 aromatic heterocycles. The van der Waals surface area contributed by atoms with Crippen molar-refractivity contribution < 1.29 is 23.5 Å². The minimum Gasteiger partial charge on any atom is -0.466 e. The maximum atomic E-state index is 12.7. The molecular weight excluding hydrogens is 398 g/mol. The molecule has 2 heterocycles. The minimum absolute atomic E-state index is 0.00173. The number of rotatable bonds is 6. The highest BCUT2D eigenvalue weighted by molar-refractivity contribution is 5.97. The predicted molar refractivity (Wildman–Crippen MR) is 118 cm³/mol. The van der Waals surface area contributed by atoms with E-state index in [9.17, 15) is 14.4 Å². The zero-order chi connectivity index (χ0) is 23.3. The molecule has 174 valence electrons. The fourth-order valence-electron chi connectivity index (χ4n) is 3.75. The van der Waals surface area contributed by atoms with Gasteiger partial charge in [0.1, 0.15) is 17.1 Å². The van der Waals surface area contributed by atoms with Gasteiger partial charge in [0, 0.05) is 25.7 Å². The zero-order valence-electron chi connectivity index (χ0n) is 19.9. The number of ether oxygens (including phenoxy) is 1. The lowest BCUT2D eigenvalue weighted by atomic mass is 9.97. The molecule has 31 heavy (non-hydrogen) atoms. The molecule has 0 spiro atoms. The van der Waals surface area contributed by atoms with Crippen LogP contribution in [0.1, 0.15) is 69.3 Å². The standard InChI is InChI=1S/C23H37N3O5/c1-15(2)26(22(29)31-23(5,6)7)14-18-9-8-10-25(13-18)20(27)12-24-21(28)19-11-16(3)30-17(19)4/h11,15,18H,8-10,12-14H2,1-7H3,(H,24,28). The van der Waals surface area contributed by atoms with Crippen LogP contribution >= 0.6 is 0 Å². The van der Waals surface area contributed by atoms with Gasteiger partial charge in [-0.25, -0.2) is 4.79 Å². The highest BCUT2D eigenvalue weighted by Gasteiger charge is 2.30. The number of hydrogen-bond acceptors (Lipinski definition) is 5. The molecule has 1 fully saturated rings. The smallest absolute Gasteiger partial charge is 0.410 e. The Morgan fingerprint density at radius 2 is 1.97 bits per heavy atom. The van der Waals surface area contributed by atoms with Gasteiger partial charge in [-0.2, -0.15) is 0 Å². The number of amides is 3. The van der Waals surface area contributed by atoms with E-state index in [2.05, 4.69) is 5.32 Å². The molecular formula is C23H37N3O5. The highest BCUT2D eigenvalue weighted by Crippen LogP contribution is 2.21. The number of aryl methyl sites for hydroxylation is 2. The summed E-state index contributed by atoms with van der Waals surface area (Å²) in [5, 5.41) is 2.69. The maximum Gasteiger partial charge on any atom is 0.410 e. The van der Waals surface area contributed by atoms with E-state index in [1.165, 1.54) is 0 Å².